The number of alkyl halides is 6. The van der Waals surface area contributed by atoms with Crippen molar-refractivity contribution in [1.29, 1.82) is 0 Å². The number of hydrogen-bond acceptors (Lipinski definition) is 6. The van der Waals surface area contributed by atoms with Gasteiger partial charge in [0.25, 0.3) is 11.8 Å². The maximum Gasteiger partial charge on any atom is 0.416 e. The van der Waals surface area contributed by atoms with Crippen molar-refractivity contribution in [3.05, 3.63) is 53.4 Å². The molecule has 1 aromatic carbocycles. The van der Waals surface area contributed by atoms with Crippen LogP contribution in [0.2, 0.25) is 0 Å². The molecule has 2 saturated carbocycles. The molecule has 0 saturated heterocycles. The maximum absolute atomic E-state index is 15.0. The number of carbonyl (C=O) groups is 2. The van der Waals surface area contributed by atoms with Crippen LogP contribution in [-0.2, 0) is 31.7 Å². The second-order valence-electron chi connectivity index (χ2n) is 11.4. The Bertz CT molecular complexity index is 1540. The molecule has 1 unspecified atom stereocenters. The lowest BCUT2D eigenvalue weighted by atomic mass is 9.77. The molecule has 2 N–H and O–H groups in total. The first-order valence-corrected chi connectivity index (χ1v) is 15.6. The van der Waals surface area contributed by atoms with Gasteiger partial charge in [0.15, 0.2) is 5.54 Å². The molecule has 9 nitrogen and oxygen atoms in total. The molecule has 44 heavy (non-hydrogen) atoms. The second kappa shape index (κ2) is 11.7. The van der Waals surface area contributed by atoms with E-state index in [1.807, 2.05) is 10.0 Å². The minimum absolute atomic E-state index is 0.0197. The first kappa shape index (κ1) is 31.9. The topological polar surface area (TPSA) is 119 Å². The number of hydrogen-bond donors (Lipinski definition) is 2. The zero-order valence-corrected chi connectivity index (χ0v) is 24.1. The molecular weight excluding hydrogens is 618 g/mol. The summed E-state index contributed by atoms with van der Waals surface area (Å²) in [6.07, 6.45) is -6.77. The standard InChI is InChI=1S/C28H30F6N4O5S/c29-27(30,31)12-2-14-43-19-7-5-18(6-8-19)26(28(32,33)34)15-21(22-11-13-38(36-22)16-17-3-1-4-17)23(24(39)35-26)25(40)37-44(41,42)20-9-10-20/h5-8,11,13,17,20H,1-4,9-10,12,14-16H2,(H,35,39)(H,37,40). The highest BCUT2D eigenvalue weighted by atomic mass is 32.2. The second-order valence-corrected chi connectivity index (χ2v) is 13.3. The molecule has 16 heteroatoms. The zero-order chi connectivity index (χ0) is 31.9. The lowest BCUT2D eigenvalue weighted by molar-refractivity contribution is -0.202. The van der Waals surface area contributed by atoms with E-state index in [1.165, 1.54) is 16.9 Å². The van der Waals surface area contributed by atoms with Gasteiger partial charge in [-0.05, 0) is 61.8 Å². The van der Waals surface area contributed by atoms with Crippen LogP contribution in [0.3, 0.4) is 0 Å². The summed E-state index contributed by atoms with van der Waals surface area (Å²) in [4.78, 5) is 26.6. The quantitative estimate of drug-likeness (QED) is 0.206. The molecule has 2 aromatic rings. The van der Waals surface area contributed by atoms with E-state index < -0.39 is 69.0 Å². The monoisotopic (exact) mass is 648 g/mol. The van der Waals surface area contributed by atoms with Crippen LogP contribution in [0.5, 0.6) is 5.75 Å². The third-order valence-electron chi connectivity index (χ3n) is 8.05. The van der Waals surface area contributed by atoms with E-state index in [2.05, 4.69) is 5.10 Å². The number of amides is 2. The van der Waals surface area contributed by atoms with Crippen LogP contribution in [0.15, 0.2) is 42.1 Å². The molecule has 1 aliphatic heterocycles. The summed E-state index contributed by atoms with van der Waals surface area (Å²) >= 11 is 0. The Balaban J connectivity index is 1.49. The Morgan fingerprint density at radius 1 is 1.07 bits per heavy atom. The summed E-state index contributed by atoms with van der Waals surface area (Å²) in [6, 6.07) is 5.73. The van der Waals surface area contributed by atoms with Crippen molar-refractivity contribution in [3.63, 3.8) is 0 Å². The number of rotatable bonds is 11. The van der Waals surface area contributed by atoms with Gasteiger partial charge in [0, 0.05) is 31.2 Å². The molecule has 2 aliphatic carbocycles. The van der Waals surface area contributed by atoms with Crippen molar-refractivity contribution in [1.82, 2.24) is 19.8 Å². The van der Waals surface area contributed by atoms with Gasteiger partial charge in [-0.3, -0.25) is 14.3 Å². The van der Waals surface area contributed by atoms with Gasteiger partial charge in [0.2, 0.25) is 10.0 Å². The molecular formula is C28H30F6N4O5S. The summed E-state index contributed by atoms with van der Waals surface area (Å²) in [5.74, 6) is -2.43. The molecule has 3 aliphatic rings. The number of aromatic nitrogens is 2. The molecule has 2 heterocycles. The molecule has 1 atom stereocenters. The normalized spacial score (nSPS) is 21.5. The first-order valence-electron chi connectivity index (χ1n) is 14.1. The highest BCUT2D eigenvalue weighted by Crippen LogP contribution is 2.48. The number of carbonyl (C=O) groups excluding carboxylic acids is 2. The summed E-state index contributed by atoms with van der Waals surface area (Å²) in [7, 11) is -4.14. The van der Waals surface area contributed by atoms with Crippen molar-refractivity contribution in [2.45, 2.75) is 81.1 Å². The van der Waals surface area contributed by atoms with E-state index in [4.69, 9.17) is 4.74 Å². The predicted molar refractivity (Wildman–Crippen MR) is 144 cm³/mol. The van der Waals surface area contributed by atoms with Gasteiger partial charge >= 0.3 is 12.4 Å². The summed E-state index contributed by atoms with van der Waals surface area (Å²) < 4.78 is 116. The number of halogens is 6. The molecule has 0 spiro atoms. The molecule has 0 bridgehead atoms. The Hall–Kier alpha value is -3.56. The van der Waals surface area contributed by atoms with Gasteiger partial charge in [-0.1, -0.05) is 18.6 Å². The van der Waals surface area contributed by atoms with Gasteiger partial charge in [-0.2, -0.15) is 31.4 Å². The van der Waals surface area contributed by atoms with E-state index >= 15 is 0 Å². The predicted octanol–water partition coefficient (Wildman–Crippen LogP) is 4.74. The van der Waals surface area contributed by atoms with Crippen LogP contribution < -0.4 is 14.8 Å². The van der Waals surface area contributed by atoms with Crippen LogP contribution in [-0.4, -0.2) is 54.2 Å². The van der Waals surface area contributed by atoms with Crippen LogP contribution in [0.1, 0.15) is 62.6 Å². The maximum atomic E-state index is 15.0. The number of nitrogens with one attached hydrogen (secondary N) is 2. The van der Waals surface area contributed by atoms with Crippen LogP contribution in [0, 0.1) is 5.92 Å². The molecule has 240 valence electrons. The van der Waals surface area contributed by atoms with Crippen LogP contribution >= 0.6 is 0 Å². The lowest BCUT2D eigenvalue weighted by Gasteiger charge is -2.41. The first-order chi connectivity index (χ1) is 20.6. The summed E-state index contributed by atoms with van der Waals surface area (Å²) in [5, 5.41) is 5.45. The van der Waals surface area contributed by atoms with Crippen molar-refractivity contribution < 1.29 is 49.1 Å². The summed E-state index contributed by atoms with van der Waals surface area (Å²) in [5.41, 5.74) is -4.73. The zero-order valence-electron chi connectivity index (χ0n) is 23.3. The van der Waals surface area contributed by atoms with Gasteiger partial charge in [0.05, 0.1) is 17.6 Å². The SMILES string of the molecule is O=C1NC(c2ccc(OCCCC(F)(F)F)cc2)(C(F)(F)F)CC(c2ccn(CC3CCC3)n2)=C1C(=O)NS(=O)(=O)C1CC1. The van der Waals surface area contributed by atoms with E-state index in [9.17, 15) is 44.3 Å². The Kier molecular flexibility index (Phi) is 8.50. The highest BCUT2D eigenvalue weighted by Gasteiger charge is 2.60. The van der Waals surface area contributed by atoms with Crippen LogP contribution in [0.4, 0.5) is 26.3 Å². The largest absolute Gasteiger partial charge is 0.494 e. The molecule has 2 amide bonds. The molecule has 1 aromatic heterocycles. The fraction of sp³-hybridized carbons (Fsp3) is 0.536. The van der Waals surface area contributed by atoms with Crippen molar-refractivity contribution in [2.75, 3.05) is 6.61 Å². The van der Waals surface area contributed by atoms with E-state index in [-0.39, 0.29) is 30.0 Å². The number of nitrogens with zero attached hydrogens (tertiary/aromatic N) is 2. The van der Waals surface area contributed by atoms with Gasteiger partial charge in [0.1, 0.15) is 11.3 Å². The van der Waals surface area contributed by atoms with E-state index in [0.29, 0.717) is 25.3 Å². The Morgan fingerprint density at radius 3 is 2.32 bits per heavy atom. The fourth-order valence-electron chi connectivity index (χ4n) is 5.26. The number of sulfonamides is 1. The average Bonchev–Trinajstić information content (AvgIpc) is 3.67. The van der Waals surface area contributed by atoms with E-state index in [0.717, 1.165) is 43.5 Å². The molecule has 5 rings (SSSR count). The highest BCUT2D eigenvalue weighted by molar-refractivity contribution is 7.91. The Morgan fingerprint density at radius 2 is 1.75 bits per heavy atom. The Labute approximate surface area is 249 Å². The minimum Gasteiger partial charge on any atom is -0.494 e. The van der Waals surface area contributed by atoms with Crippen molar-refractivity contribution >= 4 is 27.4 Å². The molecule has 2 fully saturated rings. The van der Waals surface area contributed by atoms with Crippen molar-refractivity contribution in [2.24, 2.45) is 5.92 Å². The average molecular weight is 649 g/mol. The smallest absolute Gasteiger partial charge is 0.416 e. The molecule has 0 radical (unpaired) electrons. The minimum atomic E-state index is -5.11. The van der Waals surface area contributed by atoms with Gasteiger partial charge in [-0.25, -0.2) is 13.1 Å². The number of ether oxygens (including phenoxy) is 1. The van der Waals surface area contributed by atoms with Gasteiger partial charge in [-0.15, -0.1) is 0 Å². The van der Waals surface area contributed by atoms with Crippen molar-refractivity contribution in [3.8, 4) is 5.75 Å². The number of benzene rings is 1. The van der Waals surface area contributed by atoms with Gasteiger partial charge < -0.3 is 10.1 Å². The fourth-order valence-corrected chi connectivity index (χ4v) is 6.55. The van der Waals surface area contributed by atoms with Crippen LogP contribution in [0.25, 0.3) is 5.57 Å². The lowest BCUT2D eigenvalue weighted by Crippen LogP contribution is -2.60. The van der Waals surface area contributed by atoms with E-state index in [1.54, 1.807) is 0 Å². The third kappa shape index (κ3) is 6.89. The third-order valence-corrected chi connectivity index (χ3v) is 9.87. The summed E-state index contributed by atoms with van der Waals surface area (Å²) in [6.45, 7) is 0.171.